The van der Waals surface area contributed by atoms with E-state index < -0.39 is 0 Å². The van der Waals surface area contributed by atoms with Gasteiger partial charge in [0.1, 0.15) is 17.2 Å². The third-order valence-corrected chi connectivity index (χ3v) is 6.36. The summed E-state index contributed by atoms with van der Waals surface area (Å²) in [5.41, 5.74) is 2.87. The molecule has 1 aliphatic rings. The van der Waals surface area contributed by atoms with Crippen molar-refractivity contribution >= 4 is 33.1 Å². The Labute approximate surface area is 162 Å². The number of carbonyl (C=O) groups is 1. The Hall–Kier alpha value is -2.47. The summed E-state index contributed by atoms with van der Waals surface area (Å²) in [6.07, 6.45) is 3.04. The van der Waals surface area contributed by atoms with Crippen LogP contribution in [0.25, 0.3) is 10.2 Å². The van der Waals surface area contributed by atoms with Crippen LogP contribution in [0.3, 0.4) is 0 Å². The maximum atomic E-state index is 13.2. The number of rotatable bonds is 3. The normalized spacial score (nSPS) is 16.3. The summed E-state index contributed by atoms with van der Waals surface area (Å²) in [5.74, 6) is 1.01. The molecule has 1 aliphatic carbocycles. The zero-order chi connectivity index (χ0) is 19.1. The maximum absolute atomic E-state index is 13.2. The van der Waals surface area contributed by atoms with E-state index in [1.807, 2.05) is 31.2 Å². The number of nitrogens with one attached hydrogen (secondary N) is 1. The molecule has 1 N–H and O–H groups in total. The molecular formula is C21H23N3O2S. The van der Waals surface area contributed by atoms with Crippen molar-refractivity contribution in [2.75, 3.05) is 5.32 Å². The third-order valence-electron chi connectivity index (χ3n) is 5.21. The van der Waals surface area contributed by atoms with Gasteiger partial charge in [0.05, 0.1) is 5.39 Å². The molecule has 3 aromatic rings. The Morgan fingerprint density at radius 1 is 1.37 bits per heavy atom. The third kappa shape index (κ3) is 3.41. The van der Waals surface area contributed by atoms with E-state index in [2.05, 4.69) is 17.2 Å². The summed E-state index contributed by atoms with van der Waals surface area (Å²) in [6.45, 7) is 5.99. The molecule has 0 bridgehead atoms. The van der Waals surface area contributed by atoms with E-state index in [9.17, 15) is 9.59 Å². The zero-order valence-corrected chi connectivity index (χ0v) is 16.7. The van der Waals surface area contributed by atoms with E-state index in [1.165, 1.54) is 9.44 Å². The smallest absolute Gasteiger partial charge is 0.263 e. The number of nitrogens with zero attached hydrogens (tertiary/aromatic N) is 2. The fourth-order valence-corrected chi connectivity index (χ4v) is 5.20. The van der Waals surface area contributed by atoms with Crippen LogP contribution in [0.15, 0.2) is 29.1 Å². The standard InChI is InChI=1S/C21H23N3O2S/c1-12-5-4-6-15(9-12)23-18(25)11-24-14(3)22-20-19(21(24)26)16-8-7-13(2)10-17(16)27-20/h4-6,9,13H,7-8,10-11H2,1-3H3,(H,23,25). The molecule has 1 aromatic carbocycles. The quantitative estimate of drug-likeness (QED) is 0.750. The lowest BCUT2D eigenvalue weighted by molar-refractivity contribution is -0.116. The van der Waals surface area contributed by atoms with E-state index >= 15 is 0 Å². The number of benzene rings is 1. The van der Waals surface area contributed by atoms with Gasteiger partial charge in [-0.05, 0) is 62.3 Å². The molecule has 2 heterocycles. The van der Waals surface area contributed by atoms with Gasteiger partial charge in [0.15, 0.2) is 0 Å². The molecule has 0 fully saturated rings. The maximum Gasteiger partial charge on any atom is 0.263 e. The van der Waals surface area contributed by atoms with E-state index in [0.717, 1.165) is 46.3 Å². The molecule has 5 nitrogen and oxygen atoms in total. The van der Waals surface area contributed by atoms with Gasteiger partial charge in [-0.15, -0.1) is 11.3 Å². The van der Waals surface area contributed by atoms with Crippen molar-refractivity contribution in [3.63, 3.8) is 0 Å². The average Bonchev–Trinajstić information content (AvgIpc) is 2.95. The lowest BCUT2D eigenvalue weighted by atomic mass is 9.89. The molecule has 0 spiro atoms. The summed E-state index contributed by atoms with van der Waals surface area (Å²) in [7, 11) is 0. The molecule has 2 aromatic heterocycles. The van der Waals surface area contributed by atoms with Gasteiger partial charge in [-0.3, -0.25) is 14.2 Å². The van der Waals surface area contributed by atoms with Crippen LogP contribution in [-0.2, 0) is 24.2 Å². The molecule has 6 heteroatoms. The minimum Gasteiger partial charge on any atom is -0.325 e. The van der Waals surface area contributed by atoms with Crippen LogP contribution in [0.4, 0.5) is 5.69 Å². The van der Waals surface area contributed by atoms with Crippen molar-refractivity contribution in [3.8, 4) is 0 Å². The number of carbonyl (C=O) groups excluding carboxylic acids is 1. The highest BCUT2D eigenvalue weighted by molar-refractivity contribution is 7.18. The van der Waals surface area contributed by atoms with Crippen molar-refractivity contribution in [1.82, 2.24) is 9.55 Å². The monoisotopic (exact) mass is 381 g/mol. The van der Waals surface area contributed by atoms with Crippen LogP contribution in [0.5, 0.6) is 0 Å². The zero-order valence-electron chi connectivity index (χ0n) is 15.8. The Bertz CT molecular complexity index is 1100. The predicted molar refractivity (Wildman–Crippen MR) is 110 cm³/mol. The summed E-state index contributed by atoms with van der Waals surface area (Å²) >= 11 is 1.64. The first-order chi connectivity index (χ1) is 12.9. The molecule has 140 valence electrons. The van der Waals surface area contributed by atoms with Crippen LogP contribution >= 0.6 is 11.3 Å². The van der Waals surface area contributed by atoms with Gasteiger partial charge in [0.25, 0.3) is 5.56 Å². The van der Waals surface area contributed by atoms with Gasteiger partial charge in [-0.25, -0.2) is 4.98 Å². The number of hydrogen-bond donors (Lipinski definition) is 1. The van der Waals surface area contributed by atoms with Gasteiger partial charge in [-0.1, -0.05) is 19.1 Å². The van der Waals surface area contributed by atoms with Crippen LogP contribution < -0.4 is 10.9 Å². The van der Waals surface area contributed by atoms with Gasteiger partial charge in [-0.2, -0.15) is 0 Å². The second-order valence-electron chi connectivity index (χ2n) is 7.50. The minimum atomic E-state index is -0.218. The molecule has 4 rings (SSSR count). The second-order valence-corrected chi connectivity index (χ2v) is 8.58. The van der Waals surface area contributed by atoms with Gasteiger partial charge < -0.3 is 5.32 Å². The number of hydrogen-bond acceptors (Lipinski definition) is 4. The van der Waals surface area contributed by atoms with E-state index in [0.29, 0.717) is 11.7 Å². The molecule has 1 amide bonds. The Morgan fingerprint density at radius 2 is 2.19 bits per heavy atom. The second kappa shape index (κ2) is 6.93. The lowest BCUT2D eigenvalue weighted by Gasteiger charge is -2.17. The highest BCUT2D eigenvalue weighted by Gasteiger charge is 2.24. The molecule has 0 saturated carbocycles. The van der Waals surface area contributed by atoms with Gasteiger partial charge in [0.2, 0.25) is 5.91 Å². The summed E-state index contributed by atoms with van der Waals surface area (Å²) < 4.78 is 1.50. The number of thiophene rings is 1. The average molecular weight is 382 g/mol. The Morgan fingerprint density at radius 3 is 2.96 bits per heavy atom. The molecule has 0 radical (unpaired) electrons. The topological polar surface area (TPSA) is 64.0 Å². The fraction of sp³-hybridized carbons (Fsp3) is 0.381. The number of fused-ring (bicyclic) bond motifs is 3. The first-order valence-electron chi connectivity index (χ1n) is 9.30. The molecule has 1 atom stereocenters. The first kappa shape index (κ1) is 17.9. The summed E-state index contributed by atoms with van der Waals surface area (Å²) in [5, 5.41) is 3.59. The summed E-state index contributed by atoms with van der Waals surface area (Å²) in [6, 6.07) is 7.63. The largest absolute Gasteiger partial charge is 0.325 e. The van der Waals surface area contributed by atoms with E-state index in [-0.39, 0.29) is 18.0 Å². The molecule has 1 unspecified atom stereocenters. The Balaban J connectivity index is 1.67. The van der Waals surface area contributed by atoms with Crippen LogP contribution in [0.1, 0.15) is 35.2 Å². The van der Waals surface area contributed by atoms with Crippen LogP contribution in [-0.4, -0.2) is 15.5 Å². The molecule has 0 saturated heterocycles. The number of amides is 1. The minimum absolute atomic E-state index is 0.0252. The van der Waals surface area contributed by atoms with Crippen molar-refractivity contribution in [1.29, 1.82) is 0 Å². The van der Waals surface area contributed by atoms with Crippen molar-refractivity contribution in [3.05, 3.63) is 56.4 Å². The SMILES string of the molecule is Cc1cccc(NC(=O)Cn2c(C)nc3sc4c(c3c2=O)CCC(C)C4)c1. The van der Waals surface area contributed by atoms with E-state index in [1.54, 1.807) is 18.3 Å². The number of anilines is 1. The lowest BCUT2D eigenvalue weighted by Crippen LogP contribution is -2.30. The first-order valence-corrected chi connectivity index (χ1v) is 10.1. The van der Waals surface area contributed by atoms with Crippen LogP contribution in [0.2, 0.25) is 0 Å². The molecular weight excluding hydrogens is 358 g/mol. The predicted octanol–water partition coefficient (Wildman–Crippen LogP) is 3.84. The Kier molecular flexibility index (Phi) is 4.60. The fourth-order valence-electron chi connectivity index (χ4n) is 3.78. The van der Waals surface area contributed by atoms with Crippen LogP contribution in [0, 0.1) is 19.8 Å². The van der Waals surface area contributed by atoms with E-state index in [4.69, 9.17) is 0 Å². The molecule has 27 heavy (non-hydrogen) atoms. The number of aryl methyl sites for hydroxylation is 3. The van der Waals surface area contributed by atoms with Gasteiger partial charge in [0, 0.05) is 10.6 Å². The highest BCUT2D eigenvalue weighted by Crippen LogP contribution is 2.35. The van der Waals surface area contributed by atoms with Crippen molar-refractivity contribution in [2.24, 2.45) is 5.92 Å². The highest BCUT2D eigenvalue weighted by atomic mass is 32.1. The van der Waals surface area contributed by atoms with Crippen molar-refractivity contribution in [2.45, 2.75) is 46.6 Å². The molecule has 0 aliphatic heterocycles. The van der Waals surface area contributed by atoms with Gasteiger partial charge >= 0.3 is 0 Å². The van der Waals surface area contributed by atoms with Crippen molar-refractivity contribution < 1.29 is 4.79 Å². The summed E-state index contributed by atoms with van der Waals surface area (Å²) in [4.78, 5) is 32.4. The number of aromatic nitrogens is 2.